The zero-order valence-corrected chi connectivity index (χ0v) is 19.5. The number of pyridine rings is 1. The summed E-state index contributed by atoms with van der Waals surface area (Å²) in [5, 5.41) is 22.0. The molecule has 0 bridgehead atoms. The predicted molar refractivity (Wildman–Crippen MR) is 128 cm³/mol. The molecule has 2 aliphatic rings. The summed E-state index contributed by atoms with van der Waals surface area (Å²) in [4.78, 5) is 22.6. The van der Waals surface area contributed by atoms with Crippen LogP contribution in [0.3, 0.4) is 0 Å². The van der Waals surface area contributed by atoms with Crippen LogP contribution in [0.25, 0.3) is 27.9 Å². The first-order chi connectivity index (χ1) is 17.1. The average Bonchev–Trinajstić information content (AvgIpc) is 3.57. The number of hydrogen-bond donors (Lipinski definition) is 3. The third-order valence-electron chi connectivity index (χ3n) is 7.05. The minimum Gasteiger partial charge on any atom is -0.388 e. The standard InChI is InChI=1S/C24H27N7O4/c1-25-21-8-17(15-10-30(18-11-35-12-19(18)32)22-13(15)4-3-7-26-22)28-23-14(9-27-31(21)23)24(33)29-16-5-6-20(16)34-2/h3-4,7-10,16,18-20,25,32H,5-6,11-12H2,1-2H3,(H,29,33)/t16-,18-,19-,20-/m1/s1. The Labute approximate surface area is 201 Å². The Kier molecular flexibility index (Phi) is 5.39. The summed E-state index contributed by atoms with van der Waals surface area (Å²) in [6, 6.07) is 5.49. The van der Waals surface area contributed by atoms with Gasteiger partial charge in [0, 0.05) is 43.6 Å². The Morgan fingerprint density at radius 3 is 2.89 bits per heavy atom. The van der Waals surface area contributed by atoms with E-state index in [2.05, 4.69) is 20.7 Å². The van der Waals surface area contributed by atoms with Crippen molar-refractivity contribution in [3.8, 4) is 11.3 Å². The lowest BCUT2D eigenvalue weighted by atomic mass is 9.89. The Morgan fingerprint density at radius 2 is 2.17 bits per heavy atom. The molecule has 1 aliphatic carbocycles. The number of ether oxygens (including phenoxy) is 2. The highest BCUT2D eigenvalue weighted by Crippen LogP contribution is 2.34. The minimum absolute atomic E-state index is 0.0153. The number of methoxy groups -OCH3 is 1. The van der Waals surface area contributed by atoms with Crippen molar-refractivity contribution in [2.75, 3.05) is 32.7 Å². The van der Waals surface area contributed by atoms with Gasteiger partial charge in [0.2, 0.25) is 0 Å². The third-order valence-corrected chi connectivity index (χ3v) is 7.05. The van der Waals surface area contributed by atoms with E-state index in [1.54, 1.807) is 31.1 Å². The maximum atomic E-state index is 13.1. The van der Waals surface area contributed by atoms with Gasteiger partial charge in [-0.05, 0) is 25.0 Å². The average molecular weight is 478 g/mol. The molecule has 35 heavy (non-hydrogen) atoms. The SMILES string of the molecule is CNc1cc(-c2cn([C@@H]3COC[C@H]3O)c3ncccc23)nc2c(C(=O)N[C@@H]3CC[C@H]3OC)cnn12. The topological polar surface area (TPSA) is 128 Å². The summed E-state index contributed by atoms with van der Waals surface area (Å²) in [5.41, 5.74) is 3.10. The number of aliphatic hydroxyl groups is 1. The van der Waals surface area contributed by atoms with Crippen LogP contribution in [-0.4, -0.2) is 80.8 Å². The molecule has 1 saturated carbocycles. The van der Waals surface area contributed by atoms with Crippen molar-refractivity contribution in [3.63, 3.8) is 0 Å². The van der Waals surface area contributed by atoms with Gasteiger partial charge < -0.3 is 29.8 Å². The van der Waals surface area contributed by atoms with Crippen LogP contribution >= 0.6 is 0 Å². The molecule has 182 valence electrons. The molecule has 5 heterocycles. The van der Waals surface area contributed by atoms with Crippen molar-refractivity contribution < 1.29 is 19.4 Å². The number of aromatic nitrogens is 5. The zero-order chi connectivity index (χ0) is 24.1. The van der Waals surface area contributed by atoms with Crippen LogP contribution < -0.4 is 10.6 Å². The van der Waals surface area contributed by atoms with Crippen molar-refractivity contribution in [2.24, 2.45) is 0 Å². The van der Waals surface area contributed by atoms with Gasteiger partial charge in [0.25, 0.3) is 5.91 Å². The lowest BCUT2D eigenvalue weighted by Crippen LogP contribution is -2.51. The molecular formula is C24H27N7O4. The molecule has 11 nitrogen and oxygen atoms in total. The molecule has 0 unspecified atom stereocenters. The van der Waals surface area contributed by atoms with Crippen molar-refractivity contribution in [2.45, 2.75) is 37.1 Å². The zero-order valence-electron chi connectivity index (χ0n) is 19.5. The highest BCUT2D eigenvalue weighted by Gasteiger charge is 2.33. The fourth-order valence-corrected chi connectivity index (χ4v) is 4.94. The Morgan fingerprint density at radius 1 is 1.29 bits per heavy atom. The highest BCUT2D eigenvalue weighted by molar-refractivity contribution is 6.01. The van der Waals surface area contributed by atoms with Gasteiger partial charge in [-0.2, -0.15) is 9.61 Å². The fraction of sp³-hybridized carbons (Fsp3) is 0.417. The van der Waals surface area contributed by atoms with Gasteiger partial charge >= 0.3 is 0 Å². The monoisotopic (exact) mass is 477 g/mol. The number of hydrogen-bond acceptors (Lipinski definition) is 8. The second kappa shape index (κ2) is 8.59. The van der Waals surface area contributed by atoms with E-state index in [0.29, 0.717) is 35.9 Å². The molecule has 4 aromatic heterocycles. The van der Waals surface area contributed by atoms with E-state index in [9.17, 15) is 9.90 Å². The number of fused-ring (bicyclic) bond motifs is 2. The molecule has 3 N–H and O–H groups in total. The minimum atomic E-state index is -0.615. The number of amides is 1. The lowest BCUT2D eigenvalue weighted by molar-refractivity contribution is 0.00732. The number of carbonyl (C=O) groups excluding carboxylic acids is 1. The normalized spacial score (nSPS) is 24.1. The smallest absolute Gasteiger partial charge is 0.257 e. The molecule has 4 atom stereocenters. The summed E-state index contributed by atoms with van der Waals surface area (Å²) in [7, 11) is 3.46. The van der Waals surface area contributed by atoms with E-state index >= 15 is 0 Å². The Balaban J connectivity index is 1.45. The Hall–Kier alpha value is -3.54. The lowest BCUT2D eigenvalue weighted by Gasteiger charge is -2.35. The quantitative estimate of drug-likeness (QED) is 0.382. The number of anilines is 1. The second-order valence-electron chi connectivity index (χ2n) is 9.00. The van der Waals surface area contributed by atoms with Crippen LogP contribution in [0.1, 0.15) is 29.2 Å². The Bertz CT molecular complexity index is 1410. The first-order valence-electron chi connectivity index (χ1n) is 11.7. The maximum Gasteiger partial charge on any atom is 0.257 e. The van der Waals surface area contributed by atoms with Gasteiger partial charge in [-0.25, -0.2) is 9.97 Å². The van der Waals surface area contributed by atoms with Crippen LogP contribution in [0.15, 0.2) is 36.8 Å². The van der Waals surface area contributed by atoms with Crippen molar-refractivity contribution in [1.29, 1.82) is 0 Å². The molecule has 2 fully saturated rings. The molecule has 6 rings (SSSR count). The van der Waals surface area contributed by atoms with Crippen LogP contribution in [0.2, 0.25) is 0 Å². The van der Waals surface area contributed by atoms with Gasteiger partial charge in [-0.3, -0.25) is 4.79 Å². The molecular weight excluding hydrogens is 450 g/mol. The fourth-order valence-electron chi connectivity index (χ4n) is 4.94. The molecule has 0 aromatic carbocycles. The van der Waals surface area contributed by atoms with Gasteiger partial charge in [-0.15, -0.1) is 0 Å². The van der Waals surface area contributed by atoms with Crippen molar-refractivity contribution >= 4 is 28.4 Å². The van der Waals surface area contributed by atoms with Crippen molar-refractivity contribution in [1.82, 2.24) is 29.5 Å². The van der Waals surface area contributed by atoms with Crippen LogP contribution in [0.5, 0.6) is 0 Å². The van der Waals surface area contributed by atoms with Crippen LogP contribution in [0, 0.1) is 0 Å². The summed E-state index contributed by atoms with van der Waals surface area (Å²) in [5.74, 6) is 0.463. The van der Waals surface area contributed by atoms with E-state index in [1.807, 2.05) is 29.0 Å². The van der Waals surface area contributed by atoms with E-state index in [-0.39, 0.29) is 24.1 Å². The van der Waals surface area contributed by atoms with Gasteiger partial charge in [0.05, 0.1) is 43.3 Å². The van der Waals surface area contributed by atoms with E-state index in [1.165, 1.54) is 0 Å². The molecule has 1 aliphatic heterocycles. The van der Waals surface area contributed by atoms with E-state index < -0.39 is 6.10 Å². The number of carbonyl (C=O) groups is 1. The number of rotatable bonds is 6. The highest BCUT2D eigenvalue weighted by atomic mass is 16.5. The first-order valence-corrected chi connectivity index (χ1v) is 11.7. The third kappa shape index (κ3) is 3.54. The number of nitrogens with one attached hydrogen (secondary N) is 2. The predicted octanol–water partition coefficient (Wildman–Crippen LogP) is 1.63. The second-order valence-corrected chi connectivity index (χ2v) is 9.00. The van der Waals surface area contributed by atoms with E-state index in [0.717, 1.165) is 29.4 Å². The number of nitrogens with zero attached hydrogens (tertiary/aromatic N) is 5. The summed E-state index contributed by atoms with van der Waals surface area (Å²) >= 11 is 0. The number of aliphatic hydroxyl groups excluding tert-OH is 1. The van der Waals surface area contributed by atoms with Gasteiger partial charge in [-0.1, -0.05) is 0 Å². The van der Waals surface area contributed by atoms with Crippen LogP contribution in [0.4, 0.5) is 5.82 Å². The summed E-state index contributed by atoms with van der Waals surface area (Å²) in [6.07, 6.45) is 6.45. The first kappa shape index (κ1) is 22.0. The van der Waals surface area contributed by atoms with Crippen molar-refractivity contribution in [3.05, 3.63) is 42.4 Å². The molecule has 1 amide bonds. The van der Waals surface area contributed by atoms with E-state index in [4.69, 9.17) is 14.5 Å². The molecule has 0 radical (unpaired) electrons. The van der Waals surface area contributed by atoms with Crippen LogP contribution in [-0.2, 0) is 9.47 Å². The summed E-state index contributed by atoms with van der Waals surface area (Å²) in [6.45, 7) is 0.700. The molecule has 4 aromatic rings. The van der Waals surface area contributed by atoms with Gasteiger partial charge in [0.15, 0.2) is 5.65 Å². The largest absolute Gasteiger partial charge is 0.388 e. The molecule has 11 heteroatoms. The molecule has 1 saturated heterocycles. The molecule has 0 spiro atoms. The maximum absolute atomic E-state index is 13.1. The van der Waals surface area contributed by atoms with Gasteiger partial charge in [0.1, 0.15) is 23.1 Å². The summed E-state index contributed by atoms with van der Waals surface area (Å²) < 4.78 is 14.5.